The van der Waals surface area contributed by atoms with E-state index in [1.54, 1.807) is 0 Å². The van der Waals surface area contributed by atoms with Gasteiger partial charge < -0.3 is 4.74 Å². The van der Waals surface area contributed by atoms with Crippen LogP contribution in [0.25, 0.3) is 0 Å². The highest BCUT2D eigenvalue weighted by molar-refractivity contribution is 5.32. The molecule has 0 N–H and O–H groups in total. The van der Waals surface area contributed by atoms with E-state index in [0.29, 0.717) is 18.3 Å². The molecule has 1 aliphatic carbocycles. The summed E-state index contributed by atoms with van der Waals surface area (Å²) in [6.45, 7) is 0.639. The second-order valence-electron chi connectivity index (χ2n) is 4.38. The van der Waals surface area contributed by atoms with E-state index in [9.17, 15) is 0 Å². The van der Waals surface area contributed by atoms with Gasteiger partial charge in [0.25, 0.3) is 0 Å². The highest BCUT2D eigenvalue weighted by Crippen LogP contribution is 2.21. The molecule has 0 spiro atoms. The first-order valence-electron chi connectivity index (χ1n) is 5.99. The third-order valence-electron chi connectivity index (χ3n) is 3.09. The van der Waals surface area contributed by atoms with Crippen molar-refractivity contribution in [1.29, 1.82) is 5.26 Å². The van der Waals surface area contributed by atoms with E-state index in [4.69, 9.17) is 10.00 Å². The van der Waals surface area contributed by atoms with Crippen LogP contribution in [-0.2, 0) is 11.3 Å². The van der Waals surface area contributed by atoms with Gasteiger partial charge in [-0.05, 0) is 30.5 Å². The predicted octanol–water partition coefficient (Wildman–Crippen LogP) is 3.41. The minimum atomic E-state index is 0.430. The Kier molecular flexibility index (Phi) is 3.96. The normalized spacial score (nSPS) is 16.9. The number of benzene rings is 1. The molecule has 1 aromatic rings. The van der Waals surface area contributed by atoms with E-state index in [1.807, 2.05) is 24.3 Å². The molecular weight excluding hydrogens is 198 g/mol. The SMILES string of the molecule is N#Cc1cccc(COC2CCCCC2)c1. The molecule has 84 valence electrons. The molecule has 0 bridgehead atoms. The third kappa shape index (κ3) is 3.08. The Hall–Kier alpha value is -1.33. The van der Waals surface area contributed by atoms with Crippen LogP contribution in [0.3, 0.4) is 0 Å². The van der Waals surface area contributed by atoms with E-state index < -0.39 is 0 Å². The summed E-state index contributed by atoms with van der Waals surface area (Å²) in [4.78, 5) is 0. The molecule has 0 heterocycles. The molecule has 0 aromatic heterocycles. The van der Waals surface area contributed by atoms with E-state index in [2.05, 4.69) is 6.07 Å². The summed E-state index contributed by atoms with van der Waals surface area (Å²) in [6.07, 6.45) is 6.75. The fourth-order valence-corrected chi connectivity index (χ4v) is 2.18. The lowest BCUT2D eigenvalue weighted by Crippen LogP contribution is -2.16. The minimum Gasteiger partial charge on any atom is -0.374 e. The van der Waals surface area contributed by atoms with Crippen molar-refractivity contribution in [3.05, 3.63) is 35.4 Å². The van der Waals surface area contributed by atoms with Gasteiger partial charge in [-0.2, -0.15) is 5.26 Å². The Morgan fingerprint density at radius 1 is 1.25 bits per heavy atom. The lowest BCUT2D eigenvalue weighted by Gasteiger charge is -2.21. The van der Waals surface area contributed by atoms with Crippen LogP contribution < -0.4 is 0 Å². The number of ether oxygens (including phenoxy) is 1. The number of rotatable bonds is 3. The highest BCUT2D eigenvalue weighted by Gasteiger charge is 2.13. The summed E-state index contributed by atoms with van der Waals surface area (Å²) >= 11 is 0. The Bertz CT molecular complexity index is 375. The largest absolute Gasteiger partial charge is 0.374 e. The zero-order valence-electron chi connectivity index (χ0n) is 9.48. The van der Waals surface area contributed by atoms with Gasteiger partial charge in [0.2, 0.25) is 0 Å². The maximum Gasteiger partial charge on any atom is 0.0991 e. The van der Waals surface area contributed by atoms with Crippen molar-refractivity contribution in [2.45, 2.75) is 44.8 Å². The predicted molar refractivity (Wildman–Crippen MR) is 62.8 cm³/mol. The van der Waals surface area contributed by atoms with Gasteiger partial charge in [-0.25, -0.2) is 0 Å². The van der Waals surface area contributed by atoms with E-state index in [1.165, 1.54) is 32.1 Å². The standard InChI is InChI=1S/C14H17NO/c15-10-12-5-4-6-13(9-12)11-16-14-7-2-1-3-8-14/h4-6,9,14H,1-3,7-8,11H2. The monoisotopic (exact) mass is 215 g/mol. The molecule has 0 aliphatic heterocycles. The quantitative estimate of drug-likeness (QED) is 0.774. The van der Waals surface area contributed by atoms with Gasteiger partial charge in [-0.3, -0.25) is 0 Å². The van der Waals surface area contributed by atoms with Crippen molar-refractivity contribution in [2.75, 3.05) is 0 Å². The van der Waals surface area contributed by atoms with Gasteiger partial charge in [-0.1, -0.05) is 31.4 Å². The summed E-state index contributed by atoms with van der Waals surface area (Å²) in [5, 5.41) is 8.79. The third-order valence-corrected chi connectivity index (χ3v) is 3.09. The number of hydrogen-bond donors (Lipinski definition) is 0. The number of hydrogen-bond acceptors (Lipinski definition) is 2. The Morgan fingerprint density at radius 3 is 2.81 bits per heavy atom. The molecule has 16 heavy (non-hydrogen) atoms. The summed E-state index contributed by atoms with van der Waals surface area (Å²) in [5.41, 5.74) is 1.81. The van der Waals surface area contributed by atoms with Crippen LogP contribution in [0.2, 0.25) is 0 Å². The van der Waals surface area contributed by atoms with Crippen molar-refractivity contribution < 1.29 is 4.74 Å². The van der Waals surface area contributed by atoms with Gasteiger partial charge >= 0.3 is 0 Å². The lowest BCUT2D eigenvalue weighted by atomic mass is 9.98. The summed E-state index contributed by atoms with van der Waals surface area (Å²) < 4.78 is 5.86. The van der Waals surface area contributed by atoms with Crippen molar-refractivity contribution >= 4 is 0 Å². The Morgan fingerprint density at radius 2 is 2.06 bits per heavy atom. The van der Waals surface area contributed by atoms with Crippen LogP contribution in [0.15, 0.2) is 24.3 Å². The number of nitrogens with zero attached hydrogens (tertiary/aromatic N) is 1. The van der Waals surface area contributed by atoms with Crippen LogP contribution >= 0.6 is 0 Å². The average Bonchev–Trinajstić information content (AvgIpc) is 2.38. The molecule has 0 unspecified atom stereocenters. The zero-order valence-corrected chi connectivity index (χ0v) is 9.48. The fourth-order valence-electron chi connectivity index (χ4n) is 2.18. The summed E-state index contributed by atoms with van der Waals surface area (Å²) in [5.74, 6) is 0. The van der Waals surface area contributed by atoms with Crippen molar-refractivity contribution in [3.63, 3.8) is 0 Å². The first-order valence-corrected chi connectivity index (χ1v) is 5.99. The molecule has 2 nitrogen and oxygen atoms in total. The zero-order chi connectivity index (χ0) is 11.2. The molecule has 1 aromatic carbocycles. The van der Waals surface area contributed by atoms with E-state index in [0.717, 1.165) is 5.56 Å². The number of nitriles is 1. The Labute approximate surface area is 96.9 Å². The van der Waals surface area contributed by atoms with E-state index >= 15 is 0 Å². The van der Waals surface area contributed by atoms with Gasteiger partial charge in [-0.15, -0.1) is 0 Å². The summed E-state index contributed by atoms with van der Waals surface area (Å²) in [7, 11) is 0. The fraction of sp³-hybridized carbons (Fsp3) is 0.500. The van der Waals surface area contributed by atoms with Crippen LogP contribution in [0.1, 0.15) is 43.2 Å². The first kappa shape index (κ1) is 11.2. The maximum absolute atomic E-state index is 8.79. The first-order chi connectivity index (χ1) is 7.88. The van der Waals surface area contributed by atoms with Gasteiger partial charge in [0.1, 0.15) is 0 Å². The molecule has 1 saturated carbocycles. The van der Waals surface area contributed by atoms with Gasteiger partial charge in [0.15, 0.2) is 0 Å². The molecule has 0 saturated heterocycles. The van der Waals surface area contributed by atoms with Crippen LogP contribution in [0.4, 0.5) is 0 Å². The lowest BCUT2D eigenvalue weighted by molar-refractivity contribution is 0.0168. The highest BCUT2D eigenvalue weighted by atomic mass is 16.5. The Balaban J connectivity index is 1.86. The van der Waals surface area contributed by atoms with Crippen molar-refractivity contribution in [3.8, 4) is 6.07 Å². The van der Waals surface area contributed by atoms with Gasteiger partial charge in [0.05, 0.1) is 24.3 Å². The molecule has 2 heteroatoms. The molecule has 1 aliphatic rings. The van der Waals surface area contributed by atoms with E-state index in [-0.39, 0.29) is 0 Å². The molecule has 0 radical (unpaired) electrons. The van der Waals surface area contributed by atoms with Crippen LogP contribution in [0, 0.1) is 11.3 Å². The second kappa shape index (κ2) is 5.67. The van der Waals surface area contributed by atoms with Crippen molar-refractivity contribution in [2.24, 2.45) is 0 Å². The molecule has 0 atom stereocenters. The minimum absolute atomic E-state index is 0.430. The second-order valence-corrected chi connectivity index (χ2v) is 4.38. The molecular formula is C14H17NO. The molecule has 1 fully saturated rings. The van der Waals surface area contributed by atoms with Crippen LogP contribution in [-0.4, -0.2) is 6.10 Å². The maximum atomic E-state index is 8.79. The topological polar surface area (TPSA) is 33.0 Å². The summed E-state index contributed by atoms with van der Waals surface area (Å²) in [6, 6.07) is 9.81. The van der Waals surface area contributed by atoms with Gasteiger partial charge in [0, 0.05) is 0 Å². The molecule has 0 amide bonds. The average molecular weight is 215 g/mol. The van der Waals surface area contributed by atoms with Crippen molar-refractivity contribution in [1.82, 2.24) is 0 Å². The van der Waals surface area contributed by atoms with Crippen LogP contribution in [0.5, 0.6) is 0 Å². The molecule has 2 rings (SSSR count). The smallest absolute Gasteiger partial charge is 0.0991 e.